The number of hydrogen-bond acceptors (Lipinski definition) is 4. The van der Waals surface area contributed by atoms with Gasteiger partial charge in [-0.05, 0) is 25.1 Å². The number of hydrogen-bond donors (Lipinski definition) is 1. The van der Waals surface area contributed by atoms with E-state index < -0.39 is 5.97 Å². The Morgan fingerprint density at radius 2 is 2.19 bits per heavy atom. The van der Waals surface area contributed by atoms with Gasteiger partial charge in [0.2, 0.25) is 0 Å². The van der Waals surface area contributed by atoms with E-state index in [-0.39, 0.29) is 5.56 Å². The van der Waals surface area contributed by atoms with Crippen molar-refractivity contribution in [2.45, 2.75) is 6.92 Å². The number of carbonyl (C=O) groups excluding carboxylic acids is 1. The van der Waals surface area contributed by atoms with E-state index in [0.717, 1.165) is 0 Å². The third kappa shape index (κ3) is 1.67. The lowest BCUT2D eigenvalue weighted by Crippen LogP contribution is -2.12. The molecule has 0 aliphatic heterocycles. The molecule has 82 valence electrons. The molecule has 0 radical (unpaired) electrons. The van der Waals surface area contributed by atoms with E-state index in [1.54, 1.807) is 25.1 Å². The van der Waals surface area contributed by atoms with Gasteiger partial charge in [0.25, 0.3) is 5.56 Å². The number of ether oxygens (including phenoxy) is 1. The first kappa shape index (κ1) is 10.4. The molecule has 0 bridgehead atoms. The second-order valence-corrected chi connectivity index (χ2v) is 3.37. The topological polar surface area (TPSA) is 72.1 Å². The number of rotatable bonds is 1. The second kappa shape index (κ2) is 3.77. The fourth-order valence-corrected chi connectivity index (χ4v) is 1.42. The van der Waals surface area contributed by atoms with E-state index in [1.807, 2.05) is 0 Å². The molecule has 0 aliphatic rings. The minimum absolute atomic E-state index is 0.224. The van der Waals surface area contributed by atoms with Crippen LogP contribution in [0.15, 0.2) is 23.0 Å². The van der Waals surface area contributed by atoms with Gasteiger partial charge in [0.05, 0.1) is 23.7 Å². The van der Waals surface area contributed by atoms with Crippen molar-refractivity contribution in [3.05, 3.63) is 39.8 Å². The molecule has 0 fully saturated rings. The number of H-pyrrole nitrogens is 1. The number of esters is 1. The molecule has 1 N–H and O–H groups in total. The van der Waals surface area contributed by atoms with Crippen LogP contribution in [0.4, 0.5) is 0 Å². The number of nitrogens with one attached hydrogen (secondary N) is 1. The van der Waals surface area contributed by atoms with E-state index in [2.05, 4.69) is 14.7 Å². The van der Waals surface area contributed by atoms with Crippen LogP contribution >= 0.6 is 0 Å². The van der Waals surface area contributed by atoms with Gasteiger partial charge < -0.3 is 9.72 Å². The summed E-state index contributed by atoms with van der Waals surface area (Å²) in [5.41, 5.74) is 1.73. The molecule has 0 spiro atoms. The predicted molar refractivity (Wildman–Crippen MR) is 58.4 cm³/mol. The van der Waals surface area contributed by atoms with Gasteiger partial charge in [-0.15, -0.1) is 0 Å². The fourth-order valence-electron chi connectivity index (χ4n) is 1.42. The highest BCUT2D eigenvalue weighted by atomic mass is 16.5. The van der Waals surface area contributed by atoms with Gasteiger partial charge in [0.15, 0.2) is 0 Å². The molecule has 5 nitrogen and oxygen atoms in total. The number of benzene rings is 1. The van der Waals surface area contributed by atoms with Crippen molar-refractivity contribution in [2.24, 2.45) is 0 Å². The third-order valence-electron chi connectivity index (χ3n) is 2.28. The monoisotopic (exact) mass is 218 g/mol. The molecule has 0 saturated carbocycles. The van der Waals surface area contributed by atoms with Crippen LogP contribution in [0, 0.1) is 6.92 Å². The summed E-state index contributed by atoms with van der Waals surface area (Å²) in [4.78, 5) is 29.4. The summed E-state index contributed by atoms with van der Waals surface area (Å²) >= 11 is 0. The molecule has 5 heteroatoms. The highest BCUT2D eigenvalue weighted by Crippen LogP contribution is 2.11. The minimum atomic E-state index is -0.424. The van der Waals surface area contributed by atoms with E-state index in [0.29, 0.717) is 22.3 Å². The smallest absolute Gasteiger partial charge is 0.337 e. The second-order valence-electron chi connectivity index (χ2n) is 3.37. The zero-order chi connectivity index (χ0) is 11.7. The number of aromatic amines is 1. The van der Waals surface area contributed by atoms with E-state index in [9.17, 15) is 9.59 Å². The van der Waals surface area contributed by atoms with Crippen LogP contribution in [-0.2, 0) is 4.74 Å². The normalized spacial score (nSPS) is 10.4. The van der Waals surface area contributed by atoms with Crippen LogP contribution in [0.25, 0.3) is 11.0 Å². The maximum Gasteiger partial charge on any atom is 0.337 e. The molecule has 0 saturated heterocycles. The van der Waals surface area contributed by atoms with Crippen molar-refractivity contribution in [3.63, 3.8) is 0 Å². The summed E-state index contributed by atoms with van der Waals surface area (Å²) < 4.78 is 4.60. The van der Waals surface area contributed by atoms with Gasteiger partial charge in [0.1, 0.15) is 5.69 Å². The van der Waals surface area contributed by atoms with Crippen LogP contribution in [-0.4, -0.2) is 23.0 Å². The number of aryl methyl sites for hydroxylation is 1. The van der Waals surface area contributed by atoms with E-state index >= 15 is 0 Å². The van der Waals surface area contributed by atoms with Gasteiger partial charge in [-0.1, -0.05) is 0 Å². The number of aromatic nitrogens is 2. The summed E-state index contributed by atoms with van der Waals surface area (Å²) in [5, 5.41) is 0. The zero-order valence-electron chi connectivity index (χ0n) is 8.90. The van der Waals surface area contributed by atoms with Gasteiger partial charge >= 0.3 is 5.97 Å². The first-order valence-corrected chi connectivity index (χ1v) is 4.71. The lowest BCUT2D eigenvalue weighted by atomic mass is 10.2. The average Bonchev–Trinajstić information content (AvgIpc) is 2.29. The van der Waals surface area contributed by atoms with Crippen LogP contribution in [0.3, 0.4) is 0 Å². The lowest BCUT2D eigenvalue weighted by Gasteiger charge is -2.02. The van der Waals surface area contributed by atoms with Crippen LogP contribution in [0.1, 0.15) is 16.1 Å². The zero-order valence-corrected chi connectivity index (χ0v) is 8.90. The van der Waals surface area contributed by atoms with Gasteiger partial charge in [-0.25, -0.2) is 9.78 Å². The molecule has 0 amide bonds. The van der Waals surface area contributed by atoms with Gasteiger partial charge in [-0.2, -0.15) is 0 Å². The van der Waals surface area contributed by atoms with Gasteiger partial charge in [0, 0.05) is 0 Å². The van der Waals surface area contributed by atoms with Crippen molar-refractivity contribution in [2.75, 3.05) is 7.11 Å². The largest absolute Gasteiger partial charge is 0.465 e. The molecular weight excluding hydrogens is 208 g/mol. The number of methoxy groups -OCH3 is 1. The van der Waals surface area contributed by atoms with Crippen LogP contribution in [0.2, 0.25) is 0 Å². The van der Waals surface area contributed by atoms with Crippen LogP contribution in [0.5, 0.6) is 0 Å². The molecule has 1 aromatic carbocycles. The highest BCUT2D eigenvalue weighted by Gasteiger charge is 2.07. The summed E-state index contributed by atoms with van der Waals surface area (Å²) in [6.07, 6.45) is 0. The first-order valence-electron chi connectivity index (χ1n) is 4.71. The molecular formula is C11H10N2O3. The van der Waals surface area contributed by atoms with Gasteiger partial charge in [-0.3, -0.25) is 4.79 Å². The quantitative estimate of drug-likeness (QED) is 0.725. The van der Waals surface area contributed by atoms with Crippen molar-refractivity contribution in [1.29, 1.82) is 0 Å². The maximum atomic E-state index is 11.3. The standard InChI is InChI=1S/C11H10N2O3/c1-6-10(14)13-8-4-3-7(11(15)16-2)5-9(8)12-6/h3-5H,1-2H3,(H,13,14). The number of carbonyl (C=O) groups is 1. The Labute approximate surface area is 91.1 Å². The Morgan fingerprint density at radius 1 is 1.44 bits per heavy atom. The van der Waals surface area contributed by atoms with Crippen molar-refractivity contribution >= 4 is 17.0 Å². The summed E-state index contributed by atoms with van der Waals surface area (Å²) in [7, 11) is 1.32. The summed E-state index contributed by atoms with van der Waals surface area (Å²) in [5.74, 6) is -0.424. The van der Waals surface area contributed by atoms with E-state index in [1.165, 1.54) is 7.11 Å². The number of nitrogens with zero attached hydrogens (tertiary/aromatic N) is 1. The van der Waals surface area contributed by atoms with Crippen molar-refractivity contribution in [1.82, 2.24) is 9.97 Å². The minimum Gasteiger partial charge on any atom is -0.465 e. The Balaban J connectivity index is 2.67. The molecule has 0 atom stereocenters. The summed E-state index contributed by atoms with van der Waals surface area (Å²) in [6, 6.07) is 4.81. The molecule has 2 rings (SSSR count). The third-order valence-corrected chi connectivity index (χ3v) is 2.28. The van der Waals surface area contributed by atoms with Crippen LogP contribution < -0.4 is 5.56 Å². The predicted octanol–water partition coefficient (Wildman–Crippen LogP) is 1.02. The van der Waals surface area contributed by atoms with Crippen molar-refractivity contribution in [3.8, 4) is 0 Å². The Kier molecular flexibility index (Phi) is 2.44. The lowest BCUT2D eigenvalue weighted by molar-refractivity contribution is 0.0601. The number of fused-ring (bicyclic) bond motifs is 1. The average molecular weight is 218 g/mol. The Hall–Kier alpha value is -2.17. The Bertz CT molecular complexity index is 616. The molecule has 1 heterocycles. The molecule has 1 aromatic heterocycles. The Morgan fingerprint density at radius 3 is 2.88 bits per heavy atom. The molecule has 0 aliphatic carbocycles. The maximum absolute atomic E-state index is 11.3. The fraction of sp³-hybridized carbons (Fsp3) is 0.182. The molecule has 2 aromatic rings. The molecule has 16 heavy (non-hydrogen) atoms. The summed E-state index contributed by atoms with van der Waals surface area (Å²) in [6.45, 7) is 1.61. The first-order chi connectivity index (χ1) is 7.61. The molecule has 0 unspecified atom stereocenters. The van der Waals surface area contributed by atoms with Crippen molar-refractivity contribution < 1.29 is 9.53 Å². The van der Waals surface area contributed by atoms with E-state index in [4.69, 9.17) is 0 Å². The SMILES string of the molecule is COC(=O)c1ccc2[nH]c(=O)c(C)nc2c1. The highest BCUT2D eigenvalue weighted by molar-refractivity contribution is 5.93.